The topological polar surface area (TPSA) is 30.5 Å². The fourth-order valence-electron chi connectivity index (χ4n) is 2.07. The van der Waals surface area contributed by atoms with Gasteiger partial charge in [0.25, 0.3) is 0 Å². The SMILES string of the molecule is COCCNCCCOc1ccc(C(C)C)c(C)c1. The van der Waals surface area contributed by atoms with Gasteiger partial charge in [0.15, 0.2) is 0 Å². The van der Waals surface area contributed by atoms with Crippen LogP contribution in [0.4, 0.5) is 0 Å². The molecule has 0 unspecified atom stereocenters. The van der Waals surface area contributed by atoms with Gasteiger partial charge in [0, 0.05) is 13.7 Å². The van der Waals surface area contributed by atoms with Crippen molar-refractivity contribution < 1.29 is 9.47 Å². The number of hydrogen-bond donors (Lipinski definition) is 1. The highest BCUT2D eigenvalue weighted by Gasteiger charge is 2.04. The van der Waals surface area contributed by atoms with Crippen molar-refractivity contribution in [2.24, 2.45) is 0 Å². The van der Waals surface area contributed by atoms with Crippen molar-refractivity contribution in [3.8, 4) is 5.75 Å². The number of ether oxygens (including phenoxy) is 2. The van der Waals surface area contributed by atoms with Gasteiger partial charge in [0.05, 0.1) is 13.2 Å². The molecule has 1 aromatic carbocycles. The van der Waals surface area contributed by atoms with E-state index in [1.165, 1.54) is 11.1 Å². The molecular formula is C16H27NO2. The van der Waals surface area contributed by atoms with Crippen molar-refractivity contribution >= 4 is 0 Å². The standard InChI is InChI=1S/C16H27NO2/c1-13(2)16-7-6-15(12-14(16)3)19-10-5-8-17-9-11-18-4/h6-7,12-13,17H,5,8-11H2,1-4H3. The Hall–Kier alpha value is -1.06. The molecule has 0 aliphatic rings. The third-order valence-electron chi connectivity index (χ3n) is 3.11. The maximum Gasteiger partial charge on any atom is 0.119 e. The molecule has 0 bridgehead atoms. The summed E-state index contributed by atoms with van der Waals surface area (Å²) in [6.07, 6.45) is 1.01. The first kappa shape index (κ1) is 16.0. The molecular weight excluding hydrogens is 238 g/mol. The zero-order valence-electron chi connectivity index (χ0n) is 12.7. The van der Waals surface area contributed by atoms with Crippen LogP contribution in [0.3, 0.4) is 0 Å². The van der Waals surface area contributed by atoms with E-state index in [0.29, 0.717) is 5.92 Å². The highest BCUT2D eigenvalue weighted by Crippen LogP contribution is 2.23. The van der Waals surface area contributed by atoms with Crippen LogP contribution in [0, 0.1) is 6.92 Å². The number of nitrogens with one attached hydrogen (secondary N) is 1. The van der Waals surface area contributed by atoms with Crippen LogP contribution >= 0.6 is 0 Å². The molecule has 108 valence electrons. The largest absolute Gasteiger partial charge is 0.494 e. The summed E-state index contributed by atoms with van der Waals surface area (Å²) in [4.78, 5) is 0. The predicted molar refractivity (Wildman–Crippen MR) is 80.1 cm³/mol. The molecule has 3 nitrogen and oxygen atoms in total. The van der Waals surface area contributed by atoms with Gasteiger partial charge in [-0.1, -0.05) is 19.9 Å². The molecule has 0 saturated carbocycles. The molecule has 0 amide bonds. The van der Waals surface area contributed by atoms with Gasteiger partial charge in [-0.2, -0.15) is 0 Å². The quantitative estimate of drug-likeness (QED) is 0.696. The lowest BCUT2D eigenvalue weighted by atomic mass is 9.98. The minimum absolute atomic E-state index is 0.569. The van der Waals surface area contributed by atoms with Crippen LogP contribution in [0.2, 0.25) is 0 Å². The second-order valence-corrected chi connectivity index (χ2v) is 5.12. The molecule has 0 fully saturated rings. The summed E-state index contributed by atoms with van der Waals surface area (Å²) in [5, 5.41) is 3.30. The van der Waals surface area contributed by atoms with Crippen LogP contribution < -0.4 is 10.1 Å². The summed E-state index contributed by atoms with van der Waals surface area (Å²) in [5.41, 5.74) is 2.71. The summed E-state index contributed by atoms with van der Waals surface area (Å²) < 4.78 is 10.7. The van der Waals surface area contributed by atoms with Gasteiger partial charge in [0.2, 0.25) is 0 Å². The first-order valence-corrected chi connectivity index (χ1v) is 7.08. The third kappa shape index (κ3) is 6.08. The van der Waals surface area contributed by atoms with E-state index in [4.69, 9.17) is 9.47 Å². The lowest BCUT2D eigenvalue weighted by molar-refractivity contribution is 0.198. The number of benzene rings is 1. The lowest BCUT2D eigenvalue weighted by Crippen LogP contribution is -2.21. The van der Waals surface area contributed by atoms with Gasteiger partial charge in [-0.3, -0.25) is 0 Å². The average molecular weight is 265 g/mol. The van der Waals surface area contributed by atoms with Gasteiger partial charge in [0.1, 0.15) is 5.75 Å². The molecule has 0 radical (unpaired) electrons. The molecule has 0 aliphatic carbocycles. The Balaban J connectivity index is 2.25. The highest BCUT2D eigenvalue weighted by molar-refractivity contribution is 5.36. The van der Waals surface area contributed by atoms with E-state index in [1.54, 1.807) is 7.11 Å². The number of rotatable bonds is 9. The molecule has 0 aromatic heterocycles. The zero-order chi connectivity index (χ0) is 14.1. The third-order valence-corrected chi connectivity index (χ3v) is 3.11. The normalized spacial score (nSPS) is 11.0. The number of aryl methyl sites for hydroxylation is 1. The Morgan fingerprint density at radius 3 is 2.58 bits per heavy atom. The predicted octanol–water partition coefficient (Wildman–Crippen LogP) is 3.12. The van der Waals surface area contributed by atoms with Crippen LogP contribution in [-0.2, 0) is 4.74 Å². The highest BCUT2D eigenvalue weighted by atomic mass is 16.5. The van der Waals surface area contributed by atoms with E-state index in [-0.39, 0.29) is 0 Å². The second kappa shape index (κ2) is 8.94. The molecule has 19 heavy (non-hydrogen) atoms. The fourth-order valence-corrected chi connectivity index (χ4v) is 2.07. The summed E-state index contributed by atoms with van der Waals surface area (Å²) >= 11 is 0. The molecule has 1 aromatic rings. The average Bonchev–Trinajstić information content (AvgIpc) is 2.37. The minimum atomic E-state index is 0.569. The molecule has 1 N–H and O–H groups in total. The van der Waals surface area contributed by atoms with Crippen molar-refractivity contribution in [2.45, 2.75) is 33.1 Å². The van der Waals surface area contributed by atoms with Crippen molar-refractivity contribution in [3.05, 3.63) is 29.3 Å². The van der Waals surface area contributed by atoms with Crippen LogP contribution in [0.1, 0.15) is 37.3 Å². The number of hydrogen-bond acceptors (Lipinski definition) is 3. The van der Waals surface area contributed by atoms with Gasteiger partial charge in [-0.05, 0) is 49.1 Å². The van der Waals surface area contributed by atoms with Gasteiger partial charge < -0.3 is 14.8 Å². The monoisotopic (exact) mass is 265 g/mol. The summed E-state index contributed by atoms with van der Waals surface area (Å²) in [6, 6.07) is 6.38. The molecule has 3 heteroatoms. The maximum atomic E-state index is 5.76. The molecule has 0 spiro atoms. The second-order valence-electron chi connectivity index (χ2n) is 5.12. The summed E-state index contributed by atoms with van der Waals surface area (Å²) in [5.74, 6) is 1.54. The van der Waals surface area contributed by atoms with Crippen LogP contribution in [0.15, 0.2) is 18.2 Å². The van der Waals surface area contributed by atoms with E-state index >= 15 is 0 Å². The van der Waals surface area contributed by atoms with E-state index in [2.05, 4.69) is 44.3 Å². The van der Waals surface area contributed by atoms with E-state index in [0.717, 1.165) is 38.5 Å². The smallest absolute Gasteiger partial charge is 0.119 e. The van der Waals surface area contributed by atoms with Crippen molar-refractivity contribution in [2.75, 3.05) is 33.4 Å². The molecule has 0 heterocycles. The Kier molecular flexibility index (Phi) is 7.53. The zero-order valence-corrected chi connectivity index (χ0v) is 12.7. The minimum Gasteiger partial charge on any atom is -0.494 e. The Morgan fingerprint density at radius 2 is 1.95 bits per heavy atom. The first-order valence-electron chi connectivity index (χ1n) is 7.08. The van der Waals surface area contributed by atoms with E-state index in [1.807, 2.05) is 0 Å². The Bertz CT molecular complexity index is 364. The molecule has 1 rings (SSSR count). The lowest BCUT2D eigenvalue weighted by Gasteiger charge is -2.12. The fraction of sp³-hybridized carbons (Fsp3) is 0.625. The van der Waals surface area contributed by atoms with Crippen LogP contribution in [0.25, 0.3) is 0 Å². The van der Waals surface area contributed by atoms with Gasteiger partial charge in [-0.25, -0.2) is 0 Å². The maximum absolute atomic E-state index is 5.76. The summed E-state index contributed by atoms with van der Waals surface area (Å²) in [6.45, 7) is 9.96. The van der Waals surface area contributed by atoms with Crippen LogP contribution in [-0.4, -0.2) is 33.4 Å². The molecule has 0 atom stereocenters. The summed E-state index contributed by atoms with van der Waals surface area (Å²) in [7, 11) is 1.72. The van der Waals surface area contributed by atoms with Crippen molar-refractivity contribution in [1.82, 2.24) is 5.32 Å². The first-order chi connectivity index (χ1) is 9.15. The van der Waals surface area contributed by atoms with E-state index in [9.17, 15) is 0 Å². The van der Waals surface area contributed by atoms with Crippen molar-refractivity contribution in [1.29, 1.82) is 0 Å². The van der Waals surface area contributed by atoms with Gasteiger partial charge in [-0.15, -0.1) is 0 Å². The number of methoxy groups -OCH3 is 1. The Morgan fingerprint density at radius 1 is 1.16 bits per heavy atom. The molecule has 0 aliphatic heterocycles. The van der Waals surface area contributed by atoms with E-state index < -0.39 is 0 Å². The van der Waals surface area contributed by atoms with Gasteiger partial charge >= 0.3 is 0 Å². The Labute approximate surface area is 117 Å². The van der Waals surface area contributed by atoms with Crippen molar-refractivity contribution in [3.63, 3.8) is 0 Å². The molecule has 0 saturated heterocycles. The van der Waals surface area contributed by atoms with Crippen LogP contribution in [0.5, 0.6) is 5.75 Å².